The average molecular weight is 319 g/mol. The Morgan fingerprint density at radius 2 is 2.00 bits per heavy atom. The second-order valence-corrected chi connectivity index (χ2v) is 5.95. The topological polar surface area (TPSA) is 73.3 Å². The monoisotopic (exact) mass is 319 g/mol. The van der Waals surface area contributed by atoms with Gasteiger partial charge in [0.25, 0.3) is 5.91 Å². The van der Waals surface area contributed by atoms with Crippen molar-refractivity contribution < 1.29 is 14.3 Å². The molecule has 1 aromatic heterocycles. The second-order valence-electron chi connectivity index (χ2n) is 4.94. The molecule has 0 aliphatic heterocycles. The predicted molar refractivity (Wildman–Crippen MR) is 83.6 cm³/mol. The highest BCUT2D eigenvalue weighted by Gasteiger charge is 2.27. The van der Waals surface area contributed by atoms with E-state index in [1.807, 2.05) is 25.1 Å². The molecule has 7 heteroatoms. The molecule has 2 aromatic rings. The molecular formula is C15H17N3O3S. The molecule has 0 unspecified atom stereocenters. The minimum absolute atomic E-state index is 0.0948. The molecule has 6 nitrogen and oxygen atoms in total. The van der Waals surface area contributed by atoms with Gasteiger partial charge >= 0.3 is 0 Å². The molecule has 0 spiro atoms. The molecule has 116 valence electrons. The normalized spacial score (nSPS) is 13.7. The zero-order chi connectivity index (χ0) is 15.4. The molecule has 0 atom stereocenters. The van der Waals surface area contributed by atoms with Gasteiger partial charge in [0, 0.05) is 5.92 Å². The third-order valence-corrected chi connectivity index (χ3v) is 4.12. The molecule has 22 heavy (non-hydrogen) atoms. The number of rotatable bonds is 7. The Morgan fingerprint density at radius 3 is 2.68 bits per heavy atom. The van der Waals surface area contributed by atoms with Gasteiger partial charge in [0.15, 0.2) is 18.1 Å². The van der Waals surface area contributed by atoms with E-state index >= 15 is 0 Å². The third-order valence-electron chi connectivity index (χ3n) is 3.12. The highest BCUT2D eigenvalue weighted by molar-refractivity contribution is 7.15. The number of hydrogen-bond acceptors (Lipinski definition) is 6. The summed E-state index contributed by atoms with van der Waals surface area (Å²) in [5.74, 6) is 1.46. The average Bonchev–Trinajstić information content (AvgIpc) is 3.27. The van der Waals surface area contributed by atoms with Crippen LogP contribution in [0.2, 0.25) is 0 Å². The van der Waals surface area contributed by atoms with Crippen LogP contribution in [0.3, 0.4) is 0 Å². The van der Waals surface area contributed by atoms with Crippen LogP contribution in [0.1, 0.15) is 30.7 Å². The lowest BCUT2D eigenvalue weighted by atomic mass is 10.3. The summed E-state index contributed by atoms with van der Waals surface area (Å²) in [5, 5.41) is 12.3. The Morgan fingerprint density at radius 1 is 1.27 bits per heavy atom. The first kappa shape index (κ1) is 14.8. The maximum absolute atomic E-state index is 11.9. The van der Waals surface area contributed by atoms with Crippen molar-refractivity contribution in [3.05, 3.63) is 29.3 Å². The Labute approximate surface area is 132 Å². The van der Waals surface area contributed by atoms with Crippen LogP contribution in [-0.2, 0) is 4.79 Å². The van der Waals surface area contributed by atoms with E-state index in [1.54, 1.807) is 6.07 Å². The number of carbonyl (C=O) groups is 1. The van der Waals surface area contributed by atoms with Crippen molar-refractivity contribution in [3.63, 3.8) is 0 Å². The smallest absolute Gasteiger partial charge is 0.264 e. The van der Waals surface area contributed by atoms with E-state index in [9.17, 15) is 4.79 Å². The van der Waals surface area contributed by atoms with Gasteiger partial charge in [0.2, 0.25) is 5.13 Å². The molecule has 1 fully saturated rings. The summed E-state index contributed by atoms with van der Waals surface area (Å²) in [6.45, 7) is 2.35. The van der Waals surface area contributed by atoms with Crippen LogP contribution in [0.5, 0.6) is 11.5 Å². The van der Waals surface area contributed by atoms with Crippen molar-refractivity contribution >= 4 is 22.4 Å². The molecular weight excluding hydrogens is 302 g/mol. The number of amides is 1. The quantitative estimate of drug-likeness (QED) is 0.849. The molecule has 1 aliphatic carbocycles. The van der Waals surface area contributed by atoms with Gasteiger partial charge in [-0.1, -0.05) is 23.5 Å². The SMILES string of the molecule is CCOc1ccccc1OCC(=O)Nc1nnc(C2CC2)s1. The first-order valence-electron chi connectivity index (χ1n) is 7.24. The van der Waals surface area contributed by atoms with Crippen LogP contribution in [0.15, 0.2) is 24.3 Å². The van der Waals surface area contributed by atoms with Crippen molar-refractivity contribution in [2.75, 3.05) is 18.5 Å². The maximum atomic E-state index is 11.9. The number of nitrogens with one attached hydrogen (secondary N) is 1. The molecule has 1 N–H and O–H groups in total. The molecule has 1 aliphatic rings. The Balaban J connectivity index is 1.53. The zero-order valence-electron chi connectivity index (χ0n) is 12.2. The van der Waals surface area contributed by atoms with Crippen molar-refractivity contribution in [1.29, 1.82) is 0 Å². The van der Waals surface area contributed by atoms with Gasteiger partial charge in [0.05, 0.1) is 6.61 Å². The number of nitrogens with zero attached hydrogens (tertiary/aromatic N) is 2. The van der Waals surface area contributed by atoms with Gasteiger partial charge < -0.3 is 9.47 Å². The molecule has 1 saturated carbocycles. The highest BCUT2D eigenvalue weighted by atomic mass is 32.1. The van der Waals surface area contributed by atoms with E-state index in [1.165, 1.54) is 24.2 Å². The van der Waals surface area contributed by atoms with Crippen LogP contribution in [0, 0.1) is 0 Å². The van der Waals surface area contributed by atoms with Crippen LogP contribution >= 0.6 is 11.3 Å². The van der Waals surface area contributed by atoms with Gasteiger partial charge in [-0.05, 0) is 31.9 Å². The molecule has 1 amide bonds. The van der Waals surface area contributed by atoms with Gasteiger partial charge in [-0.25, -0.2) is 0 Å². The fraction of sp³-hybridized carbons (Fsp3) is 0.400. The first-order valence-corrected chi connectivity index (χ1v) is 8.05. The first-order chi connectivity index (χ1) is 10.8. The summed E-state index contributed by atoms with van der Waals surface area (Å²) in [6, 6.07) is 7.28. The van der Waals surface area contributed by atoms with Gasteiger partial charge in [-0.2, -0.15) is 0 Å². The minimum Gasteiger partial charge on any atom is -0.490 e. The Hall–Kier alpha value is -2.15. The Kier molecular flexibility index (Phi) is 4.53. The number of hydrogen-bond donors (Lipinski definition) is 1. The summed E-state index contributed by atoms with van der Waals surface area (Å²) in [6.07, 6.45) is 2.33. The fourth-order valence-corrected chi connectivity index (χ4v) is 2.85. The van der Waals surface area contributed by atoms with E-state index in [0.717, 1.165) is 5.01 Å². The number of benzene rings is 1. The van der Waals surface area contributed by atoms with Gasteiger partial charge in [-0.15, -0.1) is 10.2 Å². The summed E-state index contributed by atoms with van der Waals surface area (Å²) in [5.41, 5.74) is 0. The third kappa shape index (κ3) is 3.73. The standard InChI is InChI=1S/C15H17N3O3S/c1-2-20-11-5-3-4-6-12(11)21-9-13(19)16-15-18-17-14(22-15)10-7-8-10/h3-6,10H,2,7-9H2,1H3,(H,16,18,19). The van der Waals surface area contributed by atoms with E-state index in [-0.39, 0.29) is 12.5 Å². The molecule has 0 bridgehead atoms. The highest BCUT2D eigenvalue weighted by Crippen LogP contribution is 2.42. The van der Waals surface area contributed by atoms with Crippen molar-refractivity contribution in [3.8, 4) is 11.5 Å². The number of para-hydroxylation sites is 2. The van der Waals surface area contributed by atoms with Crippen molar-refractivity contribution in [2.24, 2.45) is 0 Å². The summed E-state index contributed by atoms with van der Waals surface area (Å²) < 4.78 is 11.0. The van der Waals surface area contributed by atoms with Crippen LogP contribution in [0.4, 0.5) is 5.13 Å². The molecule has 0 saturated heterocycles. The number of ether oxygens (including phenoxy) is 2. The molecule has 0 radical (unpaired) electrons. The van der Waals surface area contributed by atoms with E-state index in [2.05, 4.69) is 15.5 Å². The second kappa shape index (κ2) is 6.74. The summed E-state index contributed by atoms with van der Waals surface area (Å²) in [7, 11) is 0. The Bertz CT molecular complexity index is 655. The van der Waals surface area contributed by atoms with Crippen LogP contribution < -0.4 is 14.8 Å². The number of carbonyl (C=O) groups excluding carboxylic acids is 1. The van der Waals surface area contributed by atoms with Crippen LogP contribution in [0.25, 0.3) is 0 Å². The van der Waals surface area contributed by atoms with Crippen molar-refractivity contribution in [1.82, 2.24) is 10.2 Å². The van der Waals surface area contributed by atoms with Gasteiger partial charge in [0.1, 0.15) is 5.01 Å². The summed E-state index contributed by atoms with van der Waals surface area (Å²) in [4.78, 5) is 11.9. The molecule has 3 rings (SSSR count). The van der Waals surface area contributed by atoms with Gasteiger partial charge in [-0.3, -0.25) is 10.1 Å². The molecule has 1 heterocycles. The lowest BCUT2D eigenvalue weighted by Gasteiger charge is -2.10. The zero-order valence-corrected chi connectivity index (χ0v) is 13.1. The van der Waals surface area contributed by atoms with E-state index < -0.39 is 0 Å². The number of anilines is 1. The largest absolute Gasteiger partial charge is 0.490 e. The molecule has 1 aromatic carbocycles. The predicted octanol–water partition coefficient (Wildman–Crippen LogP) is 2.83. The lowest BCUT2D eigenvalue weighted by Crippen LogP contribution is -2.20. The number of aromatic nitrogens is 2. The summed E-state index contributed by atoms with van der Waals surface area (Å²) >= 11 is 1.43. The van der Waals surface area contributed by atoms with Crippen LogP contribution in [-0.4, -0.2) is 29.3 Å². The van der Waals surface area contributed by atoms with E-state index in [0.29, 0.717) is 29.2 Å². The maximum Gasteiger partial charge on any atom is 0.264 e. The fourth-order valence-electron chi connectivity index (χ4n) is 1.92. The lowest BCUT2D eigenvalue weighted by molar-refractivity contribution is -0.118. The minimum atomic E-state index is -0.259. The van der Waals surface area contributed by atoms with E-state index in [4.69, 9.17) is 9.47 Å². The van der Waals surface area contributed by atoms with Crippen molar-refractivity contribution in [2.45, 2.75) is 25.7 Å².